The van der Waals surface area contributed by atoms with Gasteiger partial charge in [0.1, 0.15) is 6.04 Å². The Hall–Kier alpha value is -4.82. The first-order chi connectivity index (χ1) is 26.5. The van der Waals surface area contributed by atoms with Gasteiger partial charge in [0.05, 0.1) is 23.7 Å². The third-order valence-corrected chi connectivity index (χ3v) is 11.8. The molecular weight excluding hydrogens is 735 g/mol. The van der Waals surface area contributed by atoms with Crippen LogP contribution in [0.25, 0.3) is 0 Å². The van der Waals surface area contributed by atoms with E-state index in [-0.39, 0.29) is 42.6 Å². The van der Waals surface area contributed by atoms with Crippen LogP contribution in [0, 0.1) is 6.92 Å². The Morgan fingerprint density at radius 3 is 2.11 bits per heavy atom. The maximum Gasteiger partial charge on any atom is 0.241 e. The molecule has 0 bridgehead atoms. The molecule has 55 heavy (non-hydrogen) atoms. The first-order valence-corrected chi connectivity index (χ1v) is 20.5. The summed E-state index contributed by atoms with van der Waals surface area (Å²) >= 11 is 1.66. The summed E-state index contributed by atoms with van der Waals surface area (Å²) in [5.41, 5.74) is 5.93. The van der Waals surface area contributed by atoms with Crippen molar-refractivity contribution >= 4 is 39.3 Å². The van der Waals surface area contributed by atoms with Crippen molar-refractivity contribution < 1.29 is 32.6 Å². The fourth-order valence-corrected chi connectivity index (χ4v) is 8.28. The van der Waals surface area contributed by atoms with Crippen molar-refractivity contribution in [1.29, 1.82) is 0 Å². The van der Waals surface area contributed by atoms with Crippen molar-refractivity contribution in [3.05, 3.63) is 161 Å². The highest BCUT2D eigenvalue weighted by Gasteiger charge is 2.32. The largest absolute Gasteiger partial charge is 0.392 e. The summed E-state index contributed by atoms with van der Waals surface area (Å²) < 4.78 is 42.2. The van der Waals surface area contributed by atoms with Gasteiger partial charge in [-0.25, -0.2) is 8.42 Å². The van der Waals surface area contributed by atoms with Crippen molar-refractivity contribution in [3.63, 3.8) is 0 Å². The SMILES string of the molecule is CC(=O)Nc1ccc(SCC2CC(c3ccc(CO)cc3)OC(c3ccc(CNC(=O)C(Cc4ccccc4)NS(=O)(=O)c4ccc(C)cc4)cc3)O2)cc1. The van der Waals surface area contributed by atoms with Gasteiger partial charge in [-0.2, -0.15) is 4.72 Å². The molecular formula is C43H45N3O7S2. The predicted molar refractivity (Wildman–Crippen MR) is 214 cm³/mol. The molecule has 0 spiro atoms. The first kappa shape index (κ1) is 39.9. The average molecular weight is 780 g/mol. The average Bonchev–Trinajstić information content (AvgIpc) is 3.20. The molecule has 1 aliphatic rings. The van der Waals surface area contributed by atoms with E-state index in [1.807, 2.05) is 110 Å². The lowest BCUT2D eigenvalue weighted by atomic mass is 10.0. The topological polar surface area (TPSA) is 143 Å². The summed E-state index contributed by atoms with van der Waals surface area (Å²) in [5, 5.41) is 15.3. The van der Waals surface area contributed by atoms with Gasteiger partial charge in [0, 0.05) is 41.8 Å². The zero-order valence-electron chi connectivity index (χ0n) is 30.7. The van der Waals surface area contributed by atoms with E-state index in [1.165, 1.54) is 19.1 Å². The Bertz CT molecular complexity index is 2130. The third-order valence-electron chi connectivity index (χ3n) is 9.17. The third kappa shape index (κ3) is 11.4. The van der Waals surface area contributed by atoms with E-state index in [2.05, 4.69) is 15.4 Å². The first-order valence-electron chi connectivity index (χ1n) is 18.0. The molecule has 4 N–H and O–H groups in total. The standard InChI is InChI=1S/C43H45N3O7S2/c1-29-8-22-39(23-9-29)55(50,51)46-40(24-31-6-4-3-5-7-31)42(49)44-26-32-10-16-35(17-11-32)43-52-37(25-41(53-43)34-14-12-33(27-47)13-15-34)28-54-38-20-18-36(19-21-38)45-30(2)48/h3-23,37,40-41,43,46-47H,24-28H2,1-2H3,(H,44,49)(H,45,48). The summed E-state index contributed by atoms with van der Waals surface area (Å²) in [4.78, 5) is 26.1. The smallest absolute Gasteiger partial charge is 0.241 e. The van der Waals surface area contributed by atoms with Crippen LogP contribution < -0.4 is 15.4 Å². The molecule has 0 aliphatic carbocycles. The van der Waals surface area contributed by atoms with Crippen molar-refractivity contribution in [1.82, 2.24) is 10.0 Å². The van der Waals surface area contributed by atoms with Crippen LogP contribution in [0.5, 0.6) is 0 Å². The molecule has 1 heterocycles. The lowest BCUT2D eigenvalue weighted by Gasteiger charge is -2.36. The van der Waals surface area contributed by atoms with Crippen LogP contribution in [0.4, 0.5) is 5.69 Å². The predicted octanol–water partition coefficient (Wildman–Crippen LogP) is 6.99. The summed E-state index contributed by atoms with van der Waals surface area (Å²) in [7, 11) is -3.97. The lowest BCUT2D eigenvalue weighted by Crippen LogP contribution is -2.47. The van der Waals surface area contributed by atoms with Crippen LogP contribution in [0.3, 0.4) is 0 Å². The molecule has 0 radical (unpaired) electrons. The number of rotatable bonds is 15. The second-order valence-electron chi connectivity index (χ2n) is 13.5. The number of sulfonamides is 1. The molecule has 5 aromatic rings. The van der Waals surface area contributed by atoms with E-state index < -0.39 is 28.3 Å². The number of hydrogen-bond acceptors (Lipinski definition) is 8. The van der Waals surface area contributed by atoms with Crippen LogP contribution in [0.1, 0.15) is 59.1 Å². The summed E-state index contributed by atoms with van der Waals surface area (Å²) in [6.45, 7) is 3.50. The number of anilines is 1. The van der Waals surface area contributed by atoms with Gasteiger partial charge in [-0.15, -0.1) is 11.8 Å². The number of benzene rings is 5. The van der Waals surface area contributed by atoms with E-state index in [0.717, 1.165) is 44.0 Å². The second kappa shape index (κ2) is 18.7. The molecule has 286 valence electrons. The molecule has 6 rings (SSSR count). The van der Waals surface area contributed by atoms with Gasteiger partial charge in [-0.05, 0) is 72.0 Å². The van der Waals surface area contributed by atoms with Crippen LogP contribution >= 0.6 is 11.8 Å². The number of aryl methyl sites for hydroxylation is 1. The minimum Gasteiger partial charge on any atom is -0.392 e. The molecule has 2 amide bonds. The molecule has 12 heteroatoms. The van der Waals surface area contributed by atoms with Gasteiger partial charge in [-0.1, -0.05) is 96.6 Å². The van der Waals surface area contributed by atoms with E-state index >= 15 is 0 Å². The number of amides is 2. The molecule has 4 atom stereocenters. The monoisotopic (exact) mass is 779 g/mol. The molecule has 1 fully saturated rings. The van der Waals surface area contributed by atoms with E-state index in [9.17, 15) is 23.1 Å². The van der Waals surface area contributed by atoms with Gasteiger partial charge in [0.15, 0.2) is 6.29 Å². The Kier molecular flexibility index (Phi) is 13.5. The van der Waals surface area contributed by atoms with E-state index in [0.29, 0.717) is 12.2 Å². The Morgan fingerprint density at radius 2 is 1.45 bits per heavy atom. The van der Waals surface area contributed by atoms with Gasteiger partial charge in [0.2, 0.25) is 21.8 Å². The number of thioether (sulfide) groups is 1. The van der Waals surface area contributed by atoms with Gasteiger partial charge < -0.3 is 25.2 Å². The quantitative estimate of drug-likeness (QED) is 0.0834. The zero-order chi connectivity index (χ0) is 38.8. The fraction of sp³-hybridized carbons (Fsp3) is 0.256. The highest BCUT2D eigenvalue weighted by molar-refractivity contribution is 7.99. The Labute approximate surface area is 326 Å². The molecule has 0 aromatic heterocycles. The number of aliphatic hydroxyl groups is 1. The molecule has 0 saturated carbocycles. The molecule has 4 unspecified atom stereocenters. The zero-order valence-corrected chi connectivity index (χ0v) is 32.3. The van der Waals surface area contributed by atoms with Crippen LogP contribution in [0.2, 0.25) is 0 Å². The van der Waals surface area contributed by atoms with E-state index in [4.69, 9.17) is 9.47 Å². The number of aliphatic hydroxyl groups excluding tert-OH is 1. The van der Waals surface area contributed by atoms with Gasteiger partial charge in [-0.3, -0.25) is 9.59 Å². The summed E-state index contributed by atoms with van der Waals surface area (Å²) in [5.74, 6) is 0.111. The number of nitrogens with one attached hydrogen (secondary N) is 3. The van der Waals surface area contributed by atoms with E-state index in [1.54, 1.807) is 23.9 Å². The van der Waals surface area contributed by atoms with Crippen LogP contribution in [-0.4, -0.2) is 43.2 Å². The molecule has 1 aliphatic heterocycles. The normalized spacial score (nSPS) is 17.6. The van der Waals surface area contributed by atoms with Crippen molar-refractivity contribution in [3.8, 4) is 0 Å². The number of carbonyl (C=O) groups is 2. The van der Waals surface area contributed by atoms with Gasteiger partial charge >= 0.3 is 0 Å². The maximum atomic E-state index is 13.6. The highest BCUT2D eigenvalue weighted by atomic mass is 32.2. The number of carbonyl (C=O) groups excluding carboxylic acids is 2. The lowest BCUT2D eigenvalue weighted by molar-refractivity contribution is -0.245. The van der Waals surface area contributed by atoms with Crippen molar-refractivity contribution in [2.75, 3.05) is 11.1 Å². The molecule has 5 aromatic carbocycles. The molecule has 1 saturated heterocycles. The number of hydrogen-bond donors (Lipinski definition) is 4. The minimum atomic E-state index is -3.97. The van der Waals surface area contributed by atoms with Gasteiger partial charge in [0.25, 0.3) is 0 Å². The maximum absolute atomic E-state index is 13.6. The summed E-state index contributed by atoms with van der Waals surface area (Å²) in [6.07, 6.45) is -0.236. The Balaban J connectivity index is 1.13. The summed E-state index contributed by atoms with van der Waals surface area (Å²) in [6, 6.07) is 37.8. The second-order valence-corrected chi connectivity index (χ2v) is 16.3. The number of ether oxygens (including phenoxy) is 2. The highest BCUT2D eigenvalue weighted by Crippen LogP contribution is 2.39. The van der Waals surface area contributed by atoms with Crippen LogP contribution in [-0.2, 0) is 48.7 Å². The van der Waals surface area contributed by atoms with Crippen molar-refractivity contribution in [2.24, 2.45) is 0 Å². The minimum absolute atomic E-state index is 0.0406. The fourth-order valence-electron chi connectivity index (χ4n) is 6.17. The Morgan fingerprint density at radius 1 is 0.800 bits per heavy atom. The molecule has 10 nitrogen and oxygen atoms in total. The van der Waals surface area contributed by atoms with Crippen LogP contribution in [0.15, 0.2) is 137 Å². The van der Waals surface area contributed by atoms with Crippen molar-refractivity contribution in [2.45, 2.75) is 74.2 Å².